The summed E-state index contributed by atoms with van der Waals surface area (Å²) < 4.78 is 47.4. The Bertz CT molecular complexity index is 1000. The van der Waals surface area contributed by atoms with E-state index in [0.717, 1.165) is 6.07 Å². The standard InChI is InChI=1S/C14H14FN5O3S/c1-9-6-7-20-13(16-9)17-14(18-20)24(21,22)19-12-10(8-23-2)4-3-5-11(12)15/h3-7,19H,8H2,1-2H3. The van der Waals surface area contributed by atoms with Crippen molar-refractivity contribution in [2.75, 3.05) is 11.8 Å². The van der Waals surface area contributed by atoms with Gasteiger partial charge in [0.25, 0.3) is 21.0 Å². The largest absolute Gasteiger partial charge is 0.380 e. The van der Waals surface area contributed by atoms with E-state index < -0.39 is 21.0 Å². The van der Waals surface area contributed by atoms with Gasteiger partial charge in [0.15, 0.2) is 0 Å². The van der Waals surface area contributed by atoms with E-state index in [0.29, 0.717) is 11.3 Å². The van der Waals surface area contributed by atoms with Crippen molar-refractivity contribution in [2.24, 2.45) is 0 Å². The van der Waals surface area contributed by atoms with Crippen molar-refractivity contribution >= 4 is 21.5 Å². The molecule has 0 aliphatic rings. The summed E-state index contributed by atoms with van der Waals surface area (Å²) in [6.45, 7) is 1.80. The number of methoxy groups -OCH3 is 1. The van der Waals surface area contributed by atoms with E-state index in [9.17, 15) is 12.8 Å². The third kappa shape index (κ3) is 3.05. The van der Waals surface area contributed by atoms with Crippen LogP contribution in [0.15, 0.2) is 35.6 Å². The topological polar surface area (TPSA) is 98.5 Å². The summed E-state index contributed by atoms with van der Waals surface area (Å²) in [5.74, 6) is -0.577. The number of nitrogens with one attached hydrogen (secondary N) is 1. The van der Waals surface area contributed by atoms with Gasteiger partial charge < -0.3 is 4.74 Å². The molecular formula is C14H14FN5O3S. The van der Waals surface area contributed by atoms with Crippen LogP contribution in [-0.4, -0.2) is 35.1 Å². The summed E-state index contributed by atoms with van der Waals surface area (Å²) in [6.07, 6.45) is 1.54. The molecule has 24 heavy (non-hydrogen) atoms. The van der Waals surface area contributed by atoms with Gasteiger partial charge >= 0.3 is 0 Å². The van der Waals surface area contributed by atoms with E-state index >= 15 is 0 Å². The van der Waals surface area contributed by atoms with E-state index in [-0.39, 0.29) is 18.1 Å². The van der Waals surface area contributed by atoms with Crippen molar-refractivity contribution in [1.29, 1.82) is 0 Å². The molecule has 3 aromatic rings. The Kier molecular flexibility index (Phi) is 4.16. The normalized spacial score (nSPS) is 11.8. The zero-order valence-electron chi connectivity index (χ0n) is 12.9. The molecule has 0 saturated carbocycles. The van der Waals surface area contributed by atoms with Crippen LogP contribution < -0.4 is 4.72 Å². The molecule has 1 aromatic carbocycles. The Morgan fingerprint density at radius 3 is 2.83 bits per heavy atom. The van der Waals surface area contributed by atoms with Gasteiger partial charge in [-0.1, -0.05) is 12.1 Å². The average Bonchev–Trinajstić information content (AvgIpc) is 2.95. The fourth-order valence-corrected chi connectivity index (χ4v) is 3.08. The third-order valence-corrected chi connectivity index (χ3v) is 4.33. The maximum Gasteiger partial charge on any atom is 0.299 e. The van der Waals surface area contributed by atoms with Crippen molar-refractivity contribution < 1.29 is 17.5 Å². The number of nitrogens with zero attached hydrogens (tertiary/aromatic N) is 4. The van der Waals surface area contributed by atoms with Crippen LogP contribution in [0, 0.1) is 12.7 Å². The molecule has 0 saturated heterocycles. The first-order valence-electron chi connectivity index (χ1n) is 6.90. The number of sulfonamides is 1. The molecule has 0 amide bonds. The first-order chi connectivity index (χ1) is 11.4. The van der Waals surface area contributed by atoms with Crippen LogP contribution >= 0.6 is 0 Å². The molecule has 0 aliphatic carbocycles. The first-order valence-corrected chi connectivity index (χ1v) is 8.38. The SMILES string of the molecule is COCc1cccc(F)c1NS(=O)(=O)c1nc2nc(C)ccn2n1. The van der Waals surface area contributed by atoms with E-state index in [4.69, 9.17) is 4.74 Å². The van der Waals surface area contributed by atoms with Crippen LogP contribution in [0.2, 0.25) is 0 Å². The molecule has 0 aliphatic heterocycles. The number of hydrogen-bond acceptors (Lipinski definition) is 6. The van der Waals surface area contributed by atoms with Crippen molar-refractivity contribution in [3.8, 4) is 0 Å². The zero-order chi connectivity index (χ0) is 17.3. The lowest BCUT2D eigenvalue weighted by molar-refractivity contribution is 0.185. The monoisotopic (exact) mass is 351 g/mol. The smallest absolute Gasteiger partial charge is 0.299 e. The highest BCUT2D eigenvalue weighted by Gasteiger charge is 2.24. The van der Waals surface area contributed by atoms with Crippen LogP contribution in [-0.2, 0) is 21.4 Å². The molecule has 3 rings (SSSR count). The highest BCUT2D eigenvalue weighted by molar-refractivity contribution is 7.92. The number of hydrogen-bond donors (Lipinski definition) is 1. The van der Waals surface area contributed by atoms with Crippen molar-refractivity contribution in [3.63, 3.8) is 0 Å². The van der Waals surface area contributed by atoms with E-state index in [1.165, 1.54) is 17.7 Å². The number of aromatic nitrogens is 4. The second kappa shape index (κ2) is 6.13. The highest BCUT2D eigenvalue weighted by Crippen LogP contribution is 2.23. The van der Waals surface area contributed by atoms with Crippen molar-refractivity contribution in [1.82, 2.24) is 19.6 Å². The molecule has 2 heterocycles. The average molecular weight is 351 g/mol. The predicted octanol–water partition coefficient (Wildman–Crippen LogP) is 1.52. The molecule has 0 radical (unpaired) electrons. The van der Waals surface area contributed by atoms with Crippen LogP contribution in [0.3, 0.4) is 0 Å². The summed E-state index contributed by atoms with van der Waals surface area (Å²) >= 11 is 0. The summed E-state index contributed by atoms with van der Waals surface area (Å²) in [7, 11) is -2.75. The Labute approximate surface area is 137 Å². The number of aryl methyl sites for hydroxylation is 1. The van der Waals surface area contributed by atoms with E-state index in [1.54, 1.807) is 25.3 Å². The van der Waals surface area contributed by atoms with Gasteiger partial charge in [-0.3, -0.25) is 4.72 Å². The van der Waals surface area contributed by atoms with Gasteiger partial charge in [-0.25, -0.2) is 13.9 Å². The highest BCUT2D eigenvalue weighted by atomic mass is 32.2. The van der Waals surface area contributed by atoms with Gasteiger partial charge in [0.2, 0.25) is 0 Å². The lowest BCUT2D eigenvalue weighted by Gasteiger charge is -2.11. The summed E-state index contributed by atoms with van der Waals surface area (Å²) in [5.41, 5.74) is 0.837. The number of halogens is 1. The third-order valence-electron chi connectivity index (χ3n) is 3.20. The maximum absolute atomic E-state index is 14.0. The zero-order valence-corrected chi connectivity index (χ0v) is 13.7. The second-order valence-corrected chi connectivity index (χ2v) is 6.60. The minimum absolute atomic E-state index is 0.0506. The minimum atomic E-state index is -4.18. The maximum atomic E-state index is 14.0. The number of rotatable bonds is 5. The number of anilines is 1. The first kappa shape index (κ1) is 16.3. The molecule has 126 valence electrons. The molecule has 0 unspecified atom stereocenters. The lowest BCUT2D eigenvalue weighted by Crippen LogP contribution is -2.17. The summed E-state index contributed by atoms with van der Waals surface area (Å²) in [5, 5.41) is 3.37. The molecule has 0 spiro atoms. The molecule has 1 N–H and O–H groups in total. The van der Waals surface area contributed by atoms with Crippen LogP contribution in [0.5, 0.6) is 0 Å². The van der Waals surface area contributed by atoms with Gasteiger partial charge in [0, 0.05) is 24.6 Å². The predicted molar refractivity (Wildman–Crippen MR) is 83.4 cm³/mol. The van der Waals surface area contributed by atoms with Gasteiger partial charge in [-0.05, 0) is 19.1 Å². The van der Waals surface area contributed by atoms with Gasteiger partial charge in [-0.15, -0.1) is 5.10 Å². The number of ether oxygens (including phenoxy) is 1. The van der Waals surface area contributed by atoms with Crippen LogP contribution in [0.25, 0.3) is 5.78 Å². The Hall–Kier alpha value is -2.59. The van der Waals surface area contributed by atoms with Crippen molar-refractivity contribution in [3.05, 3.63) is 47.5 Å². The van der Waals surface area contributed by atoms with Gasteiger partial charge in [0.05, 0.1) is 12.3 Å². The van der Waals surface area contributed by atoms with Gasteiger partial charge in [0.1, 0.15) is 5.82 Å². The second-order valence-electron chi connectivity index (χ2n) is 5.02. The molecule has 10 heteroatoms. The molecule has 0 fully saturated rings. The Morgan fingerprint density at radius 1 is 1.29 bits per heavy atom. The van der Waals surface area contributed by atoms with Crippen molar-refractivity contribution in [2.45, 2.75) is 18.7 Å². The summed E-state index contributed by atoms with van der Waals surface area (Å²) in [6, 6.07) is 5.85. The Balaban J connectivity index is 2.02. The quantitative estimate of drug-likeness (QED) is 0.748. The van der Waals surface area contributed by atoms with E-state index in [2.05, 4.69) is 19.8 Å². The van der Waals surface area contributed by atoms with Crippen LogP contribution in [0.1, 0.15) is 11.3 Å². The number of benzene rings is 1. The fourth-order valence-electron chi connectivity index (χ4n) is 2.10. The number of fused-ring (bicyclic) bond motifs is 1. The van der Waals surface area contributed by atoms with Gasteiger partial charge in [-0.2, -0.15) is 13.4 Å². The molecular weight excluding hydrogens is 337 g/mol. The molecule has 8 nitrogen and oxygen atoms in total. The minimum Gasteiger partial charge on any atom is -0.380 e. The number of para-hydroxylation sites is 1. The fraction of sp³-hybridized carbons (Fsp3) is 0.214. The van der Waals surface area contributed by atoms with E-state index in [1.807, 2.05) is 0 Å². The molecule has 2 aromatic heterocycles. The summed E-state index contributed by atoms with van der Waals surface area (Å²) in [4.78, 5) is 7.97. The Morgan fingerprint density at radius 2 is 2.08 bits per heavy atom. The lowest BCUT2D eigenvalue weighted by atomic mass is 10.2. The van der Waals surface area contributed by atoms with Crippen LogP contribution in [0.4, 0.5) is 10.1 Å². The molecule has 0 bridgehead atoms. The molecule has 0 atom stereocenters.